The Balaban J connectivity index is 1.55. The highest BCUT2D eigenvalue weighted by Crippen LogP contribution is 2.33. The molecule has 2 fully saturated rings. The van der Waals surface area contributed by atoms with Crippen LogP contribution in [0.3, 0.4) is 0 Å². The Morgan fingerprint density at radius 2 is 1.40 bits per heavy atom. The Morgan fingerprint density at radius 3 is 2.00 bits per heavy atom. The lowest BCUT2D eigenvalue weighted by Crippen LogP contribution is -2.55. The summed E-state index contributed by atoms with van der Waals surface area (Å²) < 4.78 is 0. The number of unbranched alkanes of at least 4 members (excludes halogenated alkanes) is 7. The van der Waals surface area contributed by atoms with E-state index in [1.807, 2.05) is 0 Å². The maximum Gasteiger partial charge on any atom is 0.0113 e. The van der Waals surface area contributed by atoms with E-state index in [2.05, 4.69) is 11.8 Å². The summed E-state index contributed by atoms with van der Waals surface area (Å²) >= 11 is 0. The molecule has 2 heterocycles. The van der Waals surface area contributed by atoms with Crippen LogP contribution in [0.25, 0.3) is 0 Å². The fourth-order valence-corrected chi connectivity index (χ4v) is 4.31. The molecule has 20 heavy (non-hydrogen) atoms. The van der Waals surface area contributed by atoms with Gasteiger partial charge in [0, 0.05) is 18.1 Å². The third-order valence-electron chi connectivity index (χ3n) is 5.43. The van der Waals surface area contributed by atoms with Crippen LogP contribution in [0.15, 0.2) is 0 Å². The van der Waals surface area contributed by atoms with Crippen LogP contribution >= 0.6 is 0 Å². The molecule has 2 heteroatoms. The lowest BCUT2D eigenvalue weighted by molar-refractivity contribution is 0.0302. The lowest BCUT2D eigenvalue weighted by Gasteiger charge is -2.48. The molecular weight excluding hydrogens is 244 g/mol. The molecule has 0 amide bonds. The van der Waals surface area contributed by atoms with E-state index in [4.69, 9.17) is 5.73 Å². The first-order valence-electron chi connectivity index (χ1n) is 9.32. The highest BCUT2D eigenvalue weighted by atomic mass is 15.2. The normalized spacial score (nSPS) is 30.6. The van der Waals surface area contributed by atoms with Gasteiger partial charge in [0.15, 0.2) is 0 Å². The van der Waals surface area contributed by atoms with E-state index >= 15 is 0 Å². The minimum atomic E-state index is 0.486. The quantitative estimate of drug-likeness (QED) is 0.631. The molecular formula is C18H36N2. The van der Waals surface area contributed by atoms with Crippen molar-refractivity contribution in [3.63, 3.8) is 0 Å². The van der Waals surface area contributed by atoms with E-state index in [1.54, 1.807) is 0 Å². The maximum absolute atomic E-state index is 6.19. The average Bonchev–Trinajstić information content (AvgIpc) is 2.42. The summed E-state index contributed by atoms with van der Waals surface area (Å²) in [6.07, 6.45) is 18.2. The molecule has 2 bridgehead atoms. The van der Waals surface area contributed by atoms with E-state index in [1.165, 1.54) is 90.0 Å². The molecule has 2 unspecified atom stereocenters. The van der Waals surface area contributed by atoms with E-state index in [9.17, 15) is 0 Å². The Bertz CT molecular complexity index is 240. The van der Waals surface area contributed by atoms with E-state index in [-0.39, 0.29) is 0 Å². The van der Waals surface area contributed by atoms with Crippen molar-refractivity contribution in [1.82, 2.24) is 4.90 Å². The smallest absolute Gasteiger partial charge is 0.0113 e. The minimum absolute atomic E-state index is 0.486. The molecule has 2 saturated heterocycles. The van der Waals surface area contributed by atoms with Crippen LogP contribution in [-0.2, 0) is 0 Å². The van der Waals surface area contributed by atoms with Crippen LogP contribution < -0.4 is 5.73 Å². The molecule has 0 radical (unpaired) electrons. The SMILES string of the molecule is CCCCCCCCCCN1C2CCCC1CC(N)C2. The molecule has 0 aromatic rings. The van der Waals surface area contributed by atoms with Gasteiger partial charge in [-0.25, -0.2) is 0 Å². The summed E-state index contributed by atoms with van der Waals surface area (Å²) in [5.41, 5.74) is 6.19. The number of nitrogens with two attached hydrogens (primary N) is 1. The largest absolute Gasteiger partial charge is 0.328 e. The summed E-state index contributed by atoms with van der Waals surface area (Å²) in [6, 6.07) is 2.13. The first-order chi connectivity index (χ1) is 9.81. The zero-order valence-corrected chi connectivity index (χ0v) is 13.7. The Labute approximate surface area is 126 Å². The minimum Gasteiger partial charge on any atom is -0.328 e. The number of rotatable bonds is 9. The van der Waals surface area contributed by atoms with Crippen LogP contribution in [0.2, 0.25) is 0 Å². The van der Waals surface area contributed by atoms with Crippen LogP contribution in [0, 0.1) is 0 Å². The molecule has 0 saturated carbocycles. The van der Waals surface area contributed by atoms with Gasteiger partial charge in [-0.2, -0.15) is 0 Å². The predicted octanol–water partition coefficient (Wildman–Crippen LogP) is 4.47. The van der Waals surface area contributed by atoms with Crippen molar-refractivity contribution in [1.29, 1.82) is 0 Å². The highest BCUT2D eigenvalue weighted by Gasteiger charge is 2.36. The molecule has 0 aromatic heterocycles. The first-order valence-corrected chi connectivity index (χ1v) is 9.32. The molecule has 2 nitrogen and oxygen atoms in total. The number of hydrogen-bond acceptors (Lipinski definition) is 2. The van der Waals surface area contributed by atoms with Crippen molar-refractivity contribution in [3.05, 3.63) is 0 Å². The zero-order chi connectivity index (χ0) is 14.2. The van der Waals surface area contributed by atoms with Gasteiger partial charge < -0.3 is 5.73 Å². The Kier molecular flexibility index (Phi) is 7.37. The molecule has 2 rings (SSSR count). The third kappa shape index (κ3) is 5.04. The summed E-state index contributed by atoms with van der Waals surface area (Å²) in [6.45, 7) is 3.64. The molecule has 0 aliphatic carbocycles. The molecule has 0 aromatic carbocycles. The molecule has 118 valence electrons. The van der Waals surface area contributed by atoms with Gasteiger partial charge in [0.1, 0.15) is 0 Å². The van der Waals surface area contributed by atoms with E-state index < -0.39 is 0 Å². The van der Waals surface area contributed by atoms with E-state index in [0.29, 0.717) is 6.04 Å². The molecule has 0 spiro atoms. The van der Waals surface area contributed by atoms with E-state index in [0.717, 1.165) is 12.1 Å². The second kappa shape index (κ2) is 9.04. The zero-order valence-electron chi connectivity index (χ0n) is 13.7. The predicted molar refractivity (Wildman–Crippen MR) is 88.0 cm³/mol. The van der Waals surface area contributed by atoms with Gasteiger partial charge in [-0.3, -0.25) is 4.90 Å². The lowest BCUT2D eigenvalue weighted by atomic mass is 9.82. The van der Waals surface area contributed by atoms with Crippen LogP contribution in [0.4, 0.5) is 0 Å². The summed E-state index contributed by atoms with van der Waals surface area (Å²) in [5, 5.41) is 0. The highest BCUT2D eigenvalue weighted by molar-refractivity contribution is 4.93. The van der Waals surface area contributed by atoms with Gasteiger partial charge >= 0.3 is 0 Å². The van der Waals surface area contributed by atoms with Crippen LogP contribution in [-0.4, -0.2) is 29.6 Å². The third-order valence-corrected chi connectivity index (χ3v) is 5.43. The van der Waals surface area contributed by atoms with Gasteiger partial charge in [-0.1, -0.05) is 58.3 Å². The number of piperidine rings is 2. The monoisotopic (exact) mass is 280 g/mol. The van der Waals surface area contributed by atoms with Crippen molar-refractivity contribution in [2.45, 2.75) is 109 Å². The second-order valence-corrected chi connectivity index (χ2v) is 7.18. The molecule has 2 atom stereocenters. The van der Waals surface area contributed by atoms with Crippen molar-refractivity contribution in [2.24, 2.45) is 5.73 Å². The Morgan fingerprint density at radius 1 is 0.850 bits per heavy atom. The average molecular weight is 280 g/mol. The van der Waals surface area contributed by atoms with Gasteiger partial charge in [0.05, 0.1) is 0 Å². The topological polar surface area (TPSA) is 29.3 Å². The fourth-order valence-electron chi connectivity index (χ4n) is 4.31. The second-order valence-electron chi connectivity index (χ2n) is 7.18. The number of hydrogen-bond donors (Lipinski definition) is 1. The number of fused-ring (bicyclic) bond motifs is 2. The summed E-state index contributed by atoms with van der Waals surface area (Å²) in [7, 11) is 0. The molecule has 2 aliphatic heterocycles. The summed E-state index contributed by atoms with van der Waals surface area (Å²) in [5.74, 6) is 0. The molecule has 2 N–H and O–H groups in total. The number of nitrogens with zero attached hydrogens (tertiary/aromatic N) is 1. The van der Waals surface area contributed by atoms with Gasteiger partial charge in [0.25, 0.3) is 0 Å². The van der Waals surface area contributed by atoms with Crippen LogP contribution in [0.5, 0.6) is 0 Å². The summed E-state index contributed by atoms with van der Waals surface area (Å²) in [4.78, 5) is 2.82. The van der Waals surface area contributed by atoms with Crippen molar-refractivity contribution < 1.29 is 0 Å². The standard InChI is InChI=1S/C18H36N2/c1-2-3-4-5-6-7-8-9-13-20-17-11-10-12-18(20)15-16(19)14-17/h16-18H,2-15,19H2,1H3. The van der Waals surface area contributed by atoms with Gasteiger partial charge in [0.2, 0.25) is 0 Å². The molecule has 2 aliphatic rings. The maximum atomic E-state index is 6.19. The van der Waals surface area contributed by atoms with Crippen molar-refractivity contribution in [2.75, 3.05) is 6.54 Å². The van der Waals surface area contributed by atoms with Gasteiger partial charge in [-0.05, 0) is 38.6 Å². The van der Waals surface area contributed by atoms with Crippen LogP contribution in [0.1, 0.15) is 90.4 Å². The van der Waals surface area contributed by atoms with Crippen molar-refractivity contribution >= 4 is 0 Å². The first kappa shape index (κ1) is 16.3. The van der Waals surface area contributed by atoms with Gasteiger partial charge in [-0.15, -0.1) is 0 Å². The Hall–Kier alpha value is -0.0800. The van der Waals surface area contributed by atoms with Crippen molar-refractivity contribution in [3.8, 4) is 0 Å². The fraction of sp³-hybridized carbons (Fsp3) is 1.00.